The van der Waals surface area contributed by atoms with Crippen molar-refractivity contribution in [1.82, 2.24) is 4.98 Å². The average Bonchev–Trinajstić information content (AvgIpc) is 2.17. The van der Waals surface area contributed by atoms with Crippen LogP contribution in [0.15, 0.2) is 12.3 Å². The highest BCUT2D eigenvalue weighted by molar-refractivity contribution is 5.85. The molecule has 0 aliphatic heterocycles. The zero-order valence-corrected chi connectivity index (χ0v) is 7.64. The molecule has 1 atom stereocenters. The van der Waals surface area contributed by atoms with Crippen LogP contribution in [0.4, 0.5) is 4.39 Å². The summed E-state index contributed by atoms with van der Waals surface area (Å²) in [6, 6.07) is 2.16. The van der Waals surface area contributed by atoms with Crippen LogP contribution in [0.2, 0.25) is 0 Å². The van der Waals surface area contributed by atoms with Crippen LogP contribution in [0.3, 0.4) is 0 Å². The van der Waals surface area contributed by atoms with Gasteiger partial charge in [-0.05, 0) is 11.6 Å². The second kappa shape index (κ2) is 4.48. The number of carboxylic acid groups (broad SMARTS) is 1. The van der Waals surface area contributed by atoms with E-state index < -0.39 is 23.5 Å². The molecule has 0 unspecified atom stereocenters. The van der Waals surface area contributed by atoms with E-state index in [0.717, 1.165) is 12.3 Å². The van der Waals surface area contributed by atoms with Gasteiger partial charge in [0.25, 0.3) is 0 Å². The standard InChI is InChI=1S/C9H8FN3O2/c10-6-3-5(7(12)1-2-11)4-13-8(6)9(14)15/h3-4,7H,1,12H2,(H,14,15)/t7-/m1/s1. The highest BCUT2D eigenvalue weighted by Crippen LogP contribution is 2.15. The van der Waals surface area contributed by atoms with Gasteiger partial charge in [-0.3, -0.25) is 0 Å². The molecule has 1 heterocycles. The number of hydrogen-bond acceptors (Lipinski definition) is 4. The van der Waals surface area contributed by atoms with E-state index in [2.05, 4.69) is 4.98 Å². The van der Waals surface area contributed by atoms with Gasteiger partial charge in [-0.15, -0.1) is 0 Å². The number of aromatic nitrogens is 1. The predicted molar refractivity (Wildman–Crippen MR) is 48.3 cm³/mol. The maximum atomic E-state index is 13.1. The van der Waals surface area contributed by atoms with Crippen molar-refractivity contribution in [2.75, 3.05) is 0 Å². The van der Waals surface area contributed by atoms with Crippen molar-refractivity contribution < 1.29 is 14.3 Å². The smallest absolute Gasteiger partial charge is 0.357 e. The molecule has 1 aromatic heterocycles. The summed E-state index contributed by atoms with van der Waals surface area (Å²) in [5.41, 5.74) is 5.18. The summed E-state index contributed by atoms with van der Waals surface area (Å²) in [6.45, 7) is 0. The van der Waals surface area contributed by atoms with E-state index in [9.17, 15) is 9.18 Å². The van der Waals surface area contributed by atoms with E-state index in [4.69, 9.17) is 16.1 Å². The molecule has 0 bridgehead atoms. The summed E-state index contributed by atoms with van der Waals surface area (Å²) < 4.78 is 13.1. The molecule has 0 amide bonds. The van der Waals surface area contributed by atoms with Crippen LogP contribution in [0.5, 0.6) is 0 Å². The maximum Gasteiger partial charge on any atom is 0.357 e. The summed E-state index contributed by atoms with van der Waals surface area (Å²) in [7, 11) is 0. The van der Waals surface area contributed by atoms with E-state index in [1.54, 1.807) is 0 Å². The van der Waals surface area contributed by atoms with Crippen molar-refractivity contribution in [2.24, 2.45) is 5.73 Å². The zero-order chi connectivity index (χ0) is 11.4. The van der Waals surface area contributed by atoms with Crippen LogP contribution < -0.4 is 5.73 Å². The summed E-state index contributed by atoms with van der Waals surface area (Å²) in [5.74, 6) is -2.39. The highest BCUT2D eigenvalue weighted by atomic mass is 19.1. The van der Waals surface area contributed by atoms with Crippen LogP contribution in [0.25, 0.3) is 0 Å². The van der Waals surface area contributed by atoms with Gasteiger partial charge in [0.1, 0.15) is 0 Å². The summed E-state index contributed by atoms with van der Waals surface area (Å²) in [5, 5.41) is 16.9. The van der Waals surface area contributed by atoms with Crippen LogP contribution in [-0.2, 0) is 0 Å². The first-order chi connectivity index (χ1) is 7.06. The first-order valence-electron chi connectivity index (χ1n) is 4.07. The molecule has 0 fully saturated rings. The number of nitrogens with zero attached hydrogens (tertiary/aromatic N) is 2. The van der Waals surface area contributed by atoms with E-state index >= 15 is 0 Å². The molecule has 3 N–H and O–H groups in total. The van der Waals surface area contributed by atoms with Gasteiger partial charge in [0.15, 0.2) is 11.5 Å². The Kier molecular flexibility index (Phi) is 3.31. The molecule has 0 aromatic carbocycles. The number of carbonyl (C=O) groups is 1. The Hall–Kier alpha value is -2.00. The lowest BCUT2D eigenvalue weighted by Gasteiger charge is -2.07. The van der Waals surface area contributed by atoms with Crippen molar-refractivity contribution in [2.45, 2.75) is 12.5 Å². The fourth-order valence-electron chi connectivity index (χ4n) is 1.03. The fourth-order valence-corrected chi connectivity index (χ4v) is 1.03. The number of rotatable bonds is 3. The Morgan fingerprint density at radius 2 is 2.47 bits per heavy atom. The van der Waals surface area contributed by atoms with Crippen molar-refractivity contribution in [3.05, 3.63) is 29.3 Å². The molecule has 0 radical (unpaired) electrons. The lowest BCUT2D eigenvalue weighted by molar-refractivity contribution is 0.0685. The second-order valence-corrected chi connectivity index (χ2v) is 2.87. The molecule has 0 saturated carbocycles. The first-order valence-corrected chi connectivity index (χ1v) is 4.07. The van der Waals surface area contributed by atoms with Gasteiger partial charge in [-0.1, -0.05) is 0 Å². The second-order valence-electron chi connectivity index (χ2n) is 2.87. The average molecular weight is 209 g/mol. The fraction of sp³-hybridized carbons (Fsp3) is 0.222. The third kappa shape index (κ3) is 2.48. The third-order valence-corrected chi connectivity index (χ3v) is 1.80. The minimum Gasteiger partial charge on any atom is -0.476 e. The quantitative estimate of drug-likeness (QED) is 0.767. The Morgan fingerprint density at radius 1 is 1.80 bits per heavy atom. The van der Waals surface area contributed by atoms with Gasteiger partial charge in [0.2, 0.25) is 0 Å². The van der Waals surface area contributed by atoms with E-state index in [0.29, 0.717) is 5.56 Å². The number of carboxylic acids is 1. The number of aromatic carboxylic acids is 1. The van der Waals surface area contributed by atoms with Gasteiger partial charge in [-0.25, -0.2) is 14.2 Å². The van der Waals surface area contributed by atoms with Gasteiger partial charge >= 0.3 is 5.97 Å². The van der Waals surface area contributed by atoms with Crippen molar-refractivity contribution in [1.29, 1.82) is 5.26 Å². The molecule has 0 saturated heterocycles. The molecule has 0 spiro atoms. The summed E-state index contributed by atoms with van der Waals surface area (Å²) in [6.07, 6.45) is 1.18. The molecule has 6 heteroatoms. The molecule has 5 nitrogen and oxygen atoms in total. The van der Waals surface area contributed by atoms with Crippen molar-refractivity contribution >= 4 is 5.97 Å². The van der Waals surface area contributed by atoms with E-state index in [1.807, 2.05) is 6.07 Å². The number of nitrogens with two attached hydrogens (primary N) is 1. The van der Waals surface area contributed by atoms with Crippen molar-refractivity contribution in [3.63, 3.8) is 0 Å². The van der Waals surface area contributed by atoms with Gasteiger partial charge in [-0.2, -0.15) is 5.26 Å². The van der Waals surface area contributed by atoms with Crippen LogP contribution >= 0.6 is 0 Å². The molecule has 0 aliphatic rings. The summed E-state index contributed by atoms with van der Waals surface area (Å²) in [4.78, 5) is 13.9. The number of pyridine rings is 1. The maximum absolute atomic E-state index is 13.1. The Morgan fingerprint density at radius 3 is 2.93 bits per heavy atom. The lowest BCUT2D eigenvalue weighted by Crippen LogP contribution is -2.12. The van der Waals surface area contributed by atoms with Gasteiger partial charge in [0.05, 0.1) is 12.5 Å². The molecule has 78 valence electrons. The minimum absolute atomic E-state index is 0.0214. The highest BCUT2D eigenvalue weighted by Gasteiger charge is 2.14. The predicted octanol–water partition coefficient (Wildman–Crippen LogP) is 0.832. The Balaban J connectivity index is 3.02. The molecular weight excluding hydrogens is 201 g/mol. The molecule has 1 rings (SSSR count). The Bertz CT molecular complexity index is 428. The minimum atomic E-state index is -1.44. The lowest BCUT2D eigenvalue weighted by atomic mass is 10.1. The Labute approximate surface area is 85.0 Å². The number of nitriles is 1. The third-order valence-electron chi connectivity index (χ3n) is 1.80. The van der Waals surface area contributed by atoms with Gasteiger partial charge in [0, 0.05) is 12.2 Å². The summed E-state index contributed by atoms with van der Waals surface area (Å²) >= 11 is 0. The van der Waals surface area contributed by atoms with Crippen molar-refractivity contribution in [3.8, 4) is 6.07 Å². The molecule has 15 heavy (non-hydrogen) atoms. The SMILES string of the molecule is N#CC[C@@H](N)c1cnc(C(=O)O)c(F)c1. The molecular formula is C9H8FN3O2. The zero-order valence-electron chi connectivity index (χ0n) is 7.64. The number of hydrogen-bond donors (Lipinski definition) is 2. The first kappa shape index (κ1) is 11.1. The number of halogens is 1. The monoisotopic (exact) mass is 209 g/mol. The van der Waals surface area contributed by atoms with Crippen LogP contribution in [-0.4, -0.2) is 16.1 Å². The largest absolute Gasteiger partial charge is 0.476 e. The van der Waals surface area contributed by atoms with Gasteiger partial charge < -0.3 is 10.8 Å². The van der Waals surface area contributed by atoms with E-state index in [1.165, 1.54) is 0 Å². The normalized spacial score (nSPS) is 11.8. The van der Waals surface area contributed by atoms with Crippen LogP contribution in [0.1, 0.15) is 28.5 Å². The molecule has 0 aliphatic carbocycles. The van der Waals surface area contributed by atoms with E-state index in [-0.39, 0.29) is 6.42 Å². The molecule has 1 aromatic rings. The topological polar surface area (TPSA) is 100 Å². The van der Waals surface area contributed by atoms with Crippen LogP contribution in [0, 0.1) is 17.1 Å².